The first-order valence-corrected chi connectivity index (χ1v) is 13.2. The summed E-state index contributed by atoms with van der Waals surface area (Å²) in [5.74, 6) is -0.401. The molecule has 1 aromatic carbocycles. The second kappa shape index (κ2) is 11.2. The third-order valence-corrected chi connectivity index (χ3v) is 7.55. The van der Waals surface area contributed by atoms with Gasteiger partial charge in [0.2, 0.25) is 21.8 Å². The number of carbonyl (C=O) groups excluding carboxylic acids is 2. The van der Waals surface area contributed by atoms with E-state index in [1.807, 2.05) is 6.92 Å². The Labute approximate surface area is 189 Å². The van der Waals surface area contributed by atoms with Crippen molar-refractivity contribution in [2.45, 2.75) is 70.8 Å². The molecule has 7 nitrogen and oxygen atoms in total. The van der Waals surface area contributed by atoms with Crippen LogP contribution < -0.4 is 14.8 Å². The fraction of sp³-hybridized carbons (Fsp3) is 0.652. The van der Waals surface area contributed by atoms with Crippen LogP contribution in [0.2, 0.25) is 0 Å². The zero-order valence-corrected chi connectivity index (χ0v) is 19.4. The number of amides is 2. The normalized spacial score (nSPS) is 20.1. The summed E-state index contributed by atoms with van der Waals surface area (Å²) in [6.07, 6.45) is 6.23. The van der Waals surface area contributed by atoms with E-state index in [0.717, 1.165) is 19.3 Å². The number of nitrogens with one attached hydrogen (secondary N) is 2. The Balaban J connectivity index is 1.45. The van der Waals surface area contributed by atoms with Gasteiger partial charge in [0.05, 0.1) is 12.4 Å². The van der Waals surface area contributed by atoms with Gasteiger partial charge in [0.1, 0.15) is 0 Å². The first-order chi connectivity index (χ1) is 15.3. The lowest BCUT2D eigenvalue weighted by atomic mass is 9.92. The van der Waals surface area contributed by atoms with Crippen LogP contribution in [-0.4, -0.2) is 32.6 Å². The van der Waals surface area contributed by atoms with E-state index in [4.69, 9.17) is 4.74 Å². The number of sulfonamides is 1. The van der Waals surface area contributed by atoms with Crippen LogP contribution in [0.1, 0.15) is 76.3 Å². The van der Waals surface area contributed by atoms with Crippen LogP contribution in [0, 0.1) is 17.7 Å². The molecule has 2 fully saturated rings. The van der Waals surface area contributed by atoms with E-state index < -0.39 is 21.9 Å². The standard InChI is InChI=1S/C23H33FN2O5S/c1-2-20(18-9-11-19(24)21(14-18)31-15-16-7-8-16)26-32(29,30)13-5-3-4-6-17-10-12-22(27)25-23(17)28/h9,11,14,16-17,20,26H,2-8,10,12-13,15H2,1H3,(H,25,27,28)/t17?,20-/m1/s1. The number of carbonyl (C=O) groups is 2. The molecule has 1 unspecified atom stereocenters. The highest BCUT2D eigenvalue weighted by Gasteiger charge is 2.26. The molecular weight excluding hydrogens is 435 g/mol. The lowest BCUT2D eigenvalue weighted by Gasteiger charge is -2.20. The molecule has 1 aliphatic carbocycles. The Kier molecular flexibility index (Phi) is 8.64. The van der Waals surface area contributed by atoms with Crippen molar-refractivity contribution in [2.75, 3.05) is 12.4 Å². The molecule has 32 heavy (non-hydrogen) atoms. The van der Waals surface area contributed by atoms with E-state index in [2.05, 4.69) is 10.0 Å². The highest BCUT2D eigenvalue weighted by Crippen LogP contribution is 2.31. The average molecular weight is 469 g/mol. The van der Waals surface area contributed by atoms with Crippen LogP contribution in [0.4, 0.5) is 4.39 Å². The van der Waals surface area contributed by atoms with Gasteiger partial charge in [0.15, 0.2) is 11.6 Å². The minimum Gasteiger partial charge on any atom is -0.490 e. The van der Waals surface area contributed by atoms with Crippen LogP contribution in [0.25, 0.3) is 0 Å². The van der Waals surface area contributed by atoms with E-state index in [0.29, 0.717) is 56.6 Å². The maximum atomic E-state index is 14.1. The quantitative estimate of drug-likeness (QED) is 0.340. The zero-order valence-electron chi connectivity index (χ0n) is 18.6. The molecule has 1 heterocycles. The SMILES string of the molecule is CC[C@@H](NS(=O)(=O)CCCCCC1CCC(=O)NC1=O)c1ccc(F)c(OCC2CC2)c1. The number of unbranched alkanes of at least 4 members (excludes halogenated alkanes) is 2. The lowest BCUT2D eigenvalue weighted by molar-refractivity contribution is -0.136. The van der Waals surface area contributed by atoms with Crippen molar-refractivity contribution in [3.05, 3.63) is 29.6 Å². The molecule has 1 aromatic rings. The minimum atomic E-state index is -3.51. The van der Waals surface area contributed by atoms with E-state index in [1.165, 1.54) is 6.07 Å². The summed E-state index contributed by atoms with van der Waals surface area (Å²) in [6.45, 7) is 2.36. The van der Waals surface area contributed by atoms with E-state index in [-0.39, 0.29) is 29.2 Å². The molecule has 2 N–H and O–H groups in total. The third kappa shape index (κ3) is 7.55. The van der Waals surface area contributed by atoms with Gasteiger partial charge in [-0.2, -0.15) is 0 Å². The summed E-state index contributed by atoms with van der Waals surface area (Å²) >= 11 is 0. The minimum absolute atomic E-state index is 0.00885. The van der Waals surface area contributed by atoms with Crippen molar-refractivity contribution in [3.63, 3.8) is 0 Å². The molecule has 2 aliphatic rings. The Morgan fingerprint density at radius 2 is 1.97 bits per heavy atom. The number of piperidine rings is 1. The molecule has 1 saturated carbocycles. The smallest absolute Gasteiger partial charge is 0.229 e. The van der Waals surface area contributed by atoms with Gasteiger partial charge in [-0.05, 0) is 62.1 Å². The van der Waals surface area contributed by atoms with Gasteiger partial charge < -0.3 is 4.74 Å². The number of hydrogen-bond donors (Lipinski definition) is 2. The van der Waals surface area contributed by atoms with Crippen molar-refractivity contribution in [2.24, 2.45) is 11.8 Å². The van der Waals surface area contributed by atoms with Crippen LogP contribution in [-0.2, 0) is 19.6 Å². The highest BCUT2D eigenvalue weighted by atomic mass is 32.2. The molecule has 9 heteroatoms. The van der Waals surface area contributed by atoms with Gasteiger partial charge in [-0.1, -0.05) is 25.8 Å². The maximum Gasteiger partial charge on any atom is 0.229 e. The molecule has 0 bridgehead atoms. The number of halogens is 1. The second-order valence-electron chi connectivity index (χ2n) is 8.84. The molecule has 1 saturated heterocycles. The van der Waals surface area contributed by atoms with Gasteiger partial charge in [-0.3, -0.25) is 14.9 Å². The van der Waals surface area contributed by atoms with Crippen LogP contribution in [0.3, 0.4) is 0 Å². The predicted molar refractivity (Wildman–Crippen MR) is 119 cm³/mol. The van der Waals surface area contributed by atoms with Crippen molar-refractivity contribution in [1.29, 1.82) is 0 Å². The zero-order chi connectivity index (χ0) is 23.1. The van der Waals surface area contributed by atoms with Gasteiger partial charge in [0.25, 0.3) is 0 Å². The van der Waals surface area contributed by atoms with E-state index >= 15 is 0 Å². The predicted octanol–water partition coefficient (Wildman–Crippen LogP) is 3.60. The van der Waals surface area contributed by atoms with Crippen molar-refractivity contribution in [1.82, 2.24) is 10.0 Å². The number of imide groups is 1. The van der Waals surface area contributed by atoms with Crippen LogP contribution >= 0.6 is 0 Å². The molecule has 2 atom stereocenters. The molecule has 0 aromatic heterocycles. The van der Waals surface area contributed by atoms with Gasteiger partial charge in [-0.15, -0.1) is 0 Å². The second-order valence-corrected chi connectivity index (χ2v) is 10.7. The molecule has 0 spiro atoms. The number of rotatable bonds is 13. The first-order valence-electron chi connectivity index (χ1n) is 11.5. The fourth-order valence-corrected chi connectivity index (χ4v) is 5.31. The number of ether oxygens (including phenoxy) is 1. The monoisotopic (exact) mass is 468 g/mol. The highest BCUT2D eigenvalue weighted by molar-refractivity contribution is 7.89. The molecular formula is C23H33FN2O5S. The summed E-state index contributed by atoms with van der Waals surface area (Å²) in [7, 11) is -3.51. The Morgan fingerprint density at radius 3 is 2.66 bits per heavy atom. The van der Waals surface area contributed by atoms with Gasteiger partial charge in [0, 0.05) is 18.4 Å². The summed E-state index contributed by atoms with van der Waals surface area (Å²) in [4.78, 5) is 23.0. The Morgan fingerprint density at radius 1 is 1.19 bits per heavy atom. The summed E-state index contributed by atoms with van der Waals surface area (Å²) in [5.41, 5.74) is 0.682. The van der Waals surface area contributed by atoms with Crippen molar-refractivity contribution >= 4 is 21.8 Å². The Hall–Kier alpha value is -2.00. The van der Waals surface area contributed by atoms with Crippen molar-refractivity contribution in [3.8, 4) is 5.75 Å². The first kappa shape index (κ1) is 24.6. The average Bonchev–Trinajstić information content (AvgIpc) is 3.57. The fourth-order valence-electron chi connectivity index (χ4n) is 3.88. The van der Waals surface area contributed by atoms with E-state index in [1.54, 1.807) is 12.1 Å². The summed E-state index contributed by atoms with van der Waals surface area (Å²) in [6, 6.07) is 4.06. The maximum absolute atomic E-state index is 14.1. The molecule has 178 valence electrons. The van der Waals surface area contributed by atoms with Crippen LogP contribution in [0.15, 0.2) is 18.2 Å². The topological polar surface area (TPSA) is 102 Å². The summed E-state index contributed by atoms with van der Waals surface area (Å²) in [5, 5.41) is 2.35. The van der Waals surface area contributed by atoms with Gasteiger partial charge in [-0.25, -0.2) is 17.5 Å². The van der Waals surface area contributed by atoms with Crippen LogP contribution in [0.5, 0.6) is 5.75 Å². The van der Waals surface area contributed by atoms with Gasteiger partial charge >= 0.3 is 0 Å². The van der Waals surface area contributed by atoms with Crippen molar-refractivity contribution < 1.29 is 27.1 Å². The van der Waals surface area contributed by atoms with E-state index in [9.17, 15) is 22.4 Å². The summed E-state index contributed by atoms with van der Waals surface area (Å²) < 4.78 is 47.5. The number of benzene rings is 1. The number of hydrogen-bond acceptors (Lipinski definition) is 5. The molecule has 3 rings (SSSR count). The lowest BCUT2D eigenvalue weighted by Crippen LogP contribution is -2.40. The molecule has 1 aliphatic heterocycles. The third-order valence-electron chi connectivity index (χ3n) is 6.08. The molecule has 0 radical (unpaired) electrons. The Bertz CT molecular complexity index is 917. The largest absolute Gasteiger partial charge is 0.490 e. The molecule has 2 amide bonds.